The fourth-order valence-electron chi connectivity index (χ4n) is 3.72. The Balaban J connectivity index is 1.46. The number of nitrogens with one attached hydrogen (secondary N) is 1. The van der Waals surface area contributed by atoms with E-state index in [2.05, 4.69) is 21.6 Å². The predicted molar refractivity (Wildman–Crippen MR) is 131 cm³/mol. The van der Waals surface area contributed by atoms with Gasteiger partial charge < -0.3 is 5.32 Å². The van der Waals surface area contributed by atoms with Crippen LogP contribution in [0, 0.1) is 6.92 Å². The van der Waals surface area contributed by atoms with Gasteiger partial charge in [0.2, 0.25) is 15.9 Å². The van der Waals surface area contributed by atoms with E-state index >= 15 is 0 Å². The summed E-state index contributed by atoms with van der Waals surface area (Å²) in [5.74, 6) is -0.0739. The molecule has 4 aromatic rings. The standard InChI is InChI=1S/C23H25N5O3S2/c1-4-27(5-2)33(30,31)18-12-10-17(11-13-18)24-22(29)15-32-23-26-25-21-14-16(3)19-8-6-7-9-20(19)28(21)23/h6-14H,4-5,15H2,1-3H3,(H,24,29). The highest BCUT2D eigenvalue weighted by Crippen LogP contribution is 2.26. The fourth-order valence-corrected chi connectivity index (χ4v) is 5.93. The van der Waals surface area contributed by atoms with E-state index in [0.717, 1.165) is 22.1 Å². The van der Waals surface area contributed by atoms with Crippen LogP contribution in [0.25, 0.3) is 16.6 Å². The molecule has 0 bridgehead atoms. The van der Waals surface area contributed by atoms with Gasteiger partial charge in [0, 0.05) is 24.2 Å². The van der Waals surface area contributed by atoms with Gasteiger partial charge in [0.05, 0.1) is 16.2 Å². The molecular weight excluding hydrogens is 458 g/mol. The molecule has 4 rings (SSSR count). The molecule has 0 spiro atoms. The molecule has 2 aromatic heterocycles. The zero-order valence-electron chi connectivity index (χ0n) is 18.6. The topological polar surface area (TPSA) is 96.7 Å². The van der Waals surface area contributed by atoms with Gasteiger partial charge in [0.1, 0.15) is 0 Å². The van der Waals surface area contributed by atoms with Crippen LogP contribution in [0.15, 0.2) is 64.6 Å². The Bertz CT molecular complexity index is 1410. The van der Waals surface area contributed by atoms with Crippen molar-refractivity contribution in [2.45, 2.75) is 30.8 Å². The van der Waals surface area contributed by atoms with Gasteiger partial charge in [-0.2, -0.15) is 4.31 Å². The maximum Gasteiger partial charge on any atom is 0.243 e. The second-order valence-corrected chi connectivity index (χ2v) is 10.4. The van der Waals surface area contributed by atoms with E-state index in [1.54, 1.807) is 26.0 Å². The highest BCUT2D eigenvalue weighted by molar-refractivity contribution is 7.99. The number of hydrogen-bond donors (Lipinski definition) is 1. The molecule has 1 amide bonds. The molecule has 0 fully saturated rings. The SMILES string of the molecule is CCN(CC)S(=O)(=O)c1ccc(NC(=O)CSc2nnc3cc(C)c4ccccc4n23)cc1. The molecule has 2 heterocycles. The number of amides is 1. The monoisotopic (exact) mass is 483 g/mol. The summed E-state index contributed by atoms with van der Waals surface area (Å²) in [6, 6.07) is 16.2. The number of carbonyl (C=O) groups excluding carboxylic acids is 1. The largest absolute Gasteiger partial charge is 0.325 e. The second kappa shape index (κ2) is 9.50. The first-order chi connectivity index (χ1) is 15.8. The second-order valence-electron chi connectivity index (χ2n) is 7.47. The van der Waals surface area contributed by atoms with Gasteiger partial charge in [-0.25, -0.2) is 8.42 Å². The van der Waals surface area contributed by atoms with Crippen LogP contribution in [0.1, 0.15) is 19.4 Å². The number of para-hydroxylation sites is 1. The minimum absolute atomic E-state index is 0.141. The molecular formula is C23H25N5O3S2. The van der Waals surface area contributed by atoms with Crippen LogP contribution in [0.2, 0.25) is 0 Å². The van der Waals surface area contributed by atoms with Gasteiger partial charge in [-0.05, 0) is 48.9 Å². The number of aryl methyl sites for hydroxylation is 1. The lowest BCUT2D eigenvalue weighted by molar-refractivity contribution is -0.113. The van der Waals surface area contributed by atoms with Crippen LogP contribution in [-0.4, -0.2) is 52.1 Å². The lowest BCUT2D eigenvalue weighted by Crippen LogP contribution is -2.30. The highest BCUT2D eigenvalue weighted by atomic mass is 32.2. The molecule has 0 unspecified atom stereocenters. The van der Waals surface area contributed by atoms with Gasteiger partial charge in [0.25, 0.3) is 0 Å². The minimum atomic E-state index is -3.53. The lowest BCUT2D eigenvalue weighted by Gasteiger charge is -2.18. The Morgan fingerprint density at radius 3 is 2.45 bits per heavy atom. The third kappa shape index (κ3) is 4.59. The van der Waals surface area contributed by atoms with Crippen molar-refractivity contribution < 1.29 is 13.2 Å². The molecule has 2 aromatic carbocycles. The third-order valence-electron chi connectivity index (χ3n) is 5.39. The number of aromatic nitrogens is 3. The van der Waals surface area contributed by atoms with E-state index in [-0.39, 0.29) is 16.6 Å². The Kier molecular flexibility index (Phi) is 6.68. The number of carbonyl (C=O) groups is 1. The van der Waals surface area contributed by atoms with Gasteiger partial charge in [-0.3, -0.25) is 9.20 Å². The van der Waals surface area contributed by atoms with Crippen LogP contribution in [0.4, 0.5) is 5.69 Å². The molecule has 33 heavy (non-hydrogen) atoms. The number of anilines is 1. The fraction of sp³-hybridized carbons (Fsp3) is 0.261. The number of benzene rings is 2. The number of rotatable bonds is 8. The lowest BCUT2D eigenvalue weighted by atomic mass is 10.1. The first-order valence-electron chi connectivity index (χ1n) is 10.6. The molecule has 172 valence electrons. The van der Waals surface area contributed by atoms with Gasteiger partial charge in [0.15, 0.2) is 10.8 Å². The van der Waals surface area contributed by atoms with E-state index in [9.17, 15) is 13.2 Å². The summed E-state index contributed by atoms with van der Waals surface area (Å²) < 4.78 is 28.6. The molecule has 0 aliphatic rings. The molecule has 0 saturated heterocycles. The van der Waals surface area contributed by atoms with E-state index < -0.39 is 10.0 Å². The number of sulfonamides is 1. The zero-order valence-corrected chi connectivity index (χ0v) is 20.3. The number of pyridine rings is 1. The maximum absolute atomic E-state index is 12.6. The quantitative estimate of drug-likeness (QED) is 0.381. The molecule has 8 nitrogen and oxygen atoms in total. The minimum Gasteiger partial charge on any atom is -0.325 e. The van der Waals surface area contributed by atoms with E-state index in [0.29, 0.717) is 23.9 Å². The first-order valence-corrected chi connectivity index (χ1v) is 13.0. The van der Waals surface area contributed by atoms with E-state index in [1.807, 2.05) is 35.6 Å². The van der Waals surface area contributed by atoms with Gasteiger partial charge in [-0.1, -0.05) is 43.8 Å². The molecule has 0 saturated carbocycles. The average molecular weight is 484 g/mol. The van der Waals surface area contributed by atoms with Crippen molar-refractivity contribution in [3.63, 3.8) is 0 Å². The van der Waals surface area contributed by atoms with Crippen molar-refractivity contribution in [2.24, 2.45) is 0 Å². The Labute approximate surface area is 197 Å². The van der Waals surface area contributed by atoms with Crippen LogP contribution >= 0.6 is 11.8 Å². The Hall–Kier alpha value is -2.95. The molecule has 1 N–H and O–H groups in total. The highest BCUT2D eigenvalue weighted by Gasteiger charge is 2.21. The zero-order chi connectivity index (χ0) is 23.6. The summed E-state index contributed by atoms with van der Waals surface area (Å²) in [5, 5.41) is 13.1. The smallest absolute Gasteiger partial charge is 0.243 e. The van der Waals surface area contributed by atoms with Crippen LogP contribution < -0.4 is 5.32 Å². The average Bonchev–Trinajstić information content (AvgIpc) is 3.22. The van der Waals surface area contributed by atoms with Gasteiger partial charge >= 0.3 is 0 Å². The maximum atomic E-state index is 12.6. The van der Waals surface area contributed by atoms with E-state index in [1.165, 1.54) is 28.2 Å². The summed E-state index contributed by atoms with van der Waals surface area (Å²) in [7, 11) is -3.53. The third-order valence-corrected chi connectivity index (χ3v) is 8.38. The summed E-state index contributed by atoms with van der Waals surface area (Å²) in [6.07, 6.45) is 0. The number of nitrogens with zero attached hydrogens (tertiary/aromatic N) is 4. The summed E-state index contributed by atoms with van der Waals surface area (Å²) in [4.78, 5) is 12.7. The van der Waals surface area contributed by atoms with Crippen molar-refractivity contribution in [1.82, 2.24) is 18.9 Å². The van der Waals surface area contributed by atoms with Crippen molar-refractivity contribution in [2.75, 3.05) is 24.2 Å². The Morgan fingerprint density at radius 2 is 1.76 bits per heavy atom. The van der Waals surface area contributed by atoms with Crippen molar-refractivity contribution in [1.29, 1.82) is 0 Å². The van der Waals surface area contributed by atoms with Crippen LogP contribution in [-0.2, 0) is 14.8 Å². The molecule has 0 atom stereocenters. The van der Waals surface area contributed by atoms with Crippen molar-refractivity contribution in [3.05, 3.63) is 60.2 Å². The van der Waals surface area contributed by atoms with Crippen LogP contribution in [0.3, 0.4) is 0 Å². The van der Waals surface area contributed by atoms with E-state index in [4.69, 9.17) is 0 Å². The predicted octanol–water partition coefficient (Wildman–Crippen LogP) is 3.95. The normalized spacial score (nSPS) is 12.0. The molecule has 0 radical (unpaired) electrons. The number of hydrogen-bond acceptors (Lipinski definition) is 6. The molecule has 0 aliphatic carbocycles. The summed E-state index contributed by atoms with van der Waals surface area (Å²) >= 11 is 1.30. The van der Waals surface area contributed by atoms with Crippen LogP contribution in [0.5, 0.6) is 0 Å². The summed E-state index contributed by atoms with van der Waals surface area (Å²) in [5.41, 5.74) is 3.38. The first kappa shape index (κ1) is 23.2. The van der Waals surface area contributed by atoms with Crippen molar-refractivity contribution in [3.8, 4) is 0 Å². The molecule has 10 heteroatoms. The van der Waals surface area contributed by atoms with Crippen molar-refractivity contribution >= 4 is 49.9 Å². The summed E-state index contributed by atoms with van der Waals surface area (Å²) in [6.45, 7) is 6.45. The molecule has 0 aliphatic heterocycles. The number of fused-ring (bicyclic) bond motifs is 3. The number of thioether (sulfide) groups is 1. The Morgan fingerprint density at radius 1 is 1.06 bits per heavy atom. The van der Waals surface area contributed by atoms with Gasteiger partial charge in [-0.15, -0.1) is 10.2 Å².